The standard InChI is InChI=1S/C24H30ClNO6/c1-14(2)12-21(32-18-8-6-17(25)7-9-18)16(4)31-24(29)15(3)13-19(27)22-23(28)20(30-5)10-11-26-22/h6-11,14-16,21,28H,12-13H2,1-5H3/t15-,16+,21-/m1/s1. The monoisotopic (exact) mass is 463 g/mol. The van der Waals surface area contributed by atoms with Gasteiger partial charge in [-0.3, -0.25) is 9.59 Å². The molecule has 2 aromatic rings. The number of esters is 1. The molecule has 0 saturated carbocycles. The van der Waals surface area contributed by atoms with E-state index in [2.05, 4.69) is 18.8 Å². The Bertz CT molecular complexity index is 915. The zero-order valence-corrected chi connectivity index (χ0v) is 19.8. The number of carbonyl (C=O) groups excluding carboxylic acids is 2. The van der Waals surface area contributed by atoms with Crippen LogP contribution < -0.4 is 9.47 Å². The zero-order valence-electron chi connectivity index (χ0n) is 19.0. The predicted molar refractivity (Wildman–Crippen MR) is 121 cm³/mol. The number of pyridine rings is 1. The third-order valence-electron chi connectivity index (χ3n) is 4.90. The Morgan fingerprint density at radius 1 is 1.09 bits per heavy atom. The van der Waals surface area contributed by atoms with Gasteiger partial charge in [-0.1, -0.05) is 32.4 Å². The third-order valence-corrected chi connectivity index (χ3v) is 5.15. The molecule has 0 unspecified atom stereocenters. The molecular weight excluding hydrogens is 434 g/mol. The van der Waals surface area contributed by atoms with Crippen molar-refractivity contribution in [3.05, 3.63) is 47.2 Å². The van der Waals surface area contributed by atoms with Crippen LogP contribution in [0.5, 0.6) is 17.2 Å². The van der Waals surface area contributed by atoms with Crippen molar-refractivity contribution in [2.75, 3.05) is 7.11 Å². The summed E-state index contributed by atoms with van der Waals surface area (Å²) in [6.45, 7) is 7.48. The molecule has 0 aliphatic carbocycles. The molecule has 3 atom stereocenters. The molecule has 0 saturated heterocycles. The van der Waals surface area contributed by atoms with E-state index >= 15 is 0 Å². The fourth-order valence-electron chi connectivity index (χ4n) is 3.13. The number of methoxy groups -OCH3 is 1. The summed E-state index contributed by atoms with van der Waals surface area (Å²) in [5, 5.41) is 10.7. The fraction of sp³-hybridized carbons (Fsp3) is 0.458. The Hall–Kier alpha value is -2.80. The molecule has 1 heterocycles. The highest BCUT2D eigenvalue weighted by atomic mass is 35.5. The summed E-state index contributed by atoms with van der Waals surface area (Å²) in [6, 6.07) is 8.44. The highest BCUT2D eigenvalue weighted by Gasteiger charge is 2.28. The summed E-state index contributed by atoms with van der Waals surface area (Å²) in [5.41, 5.74) is -0.138. The first-order chi connectivity index (χ1) is 15.1. The molecule has 0 aliphatic rings. The number of carbonyl (C=O) groups is 2. The molecule has 174 valence electrons. The SMILES string of the molecule is COc1ccnc(C(=O)C[C@@H](C)C(=O)O[C@@H](C)[C@@H](CC(C)C)Oc2ccc(Cl)cc2)c1O. The Labute approximate surface area is 193 Å². The summed E-state index contributed by atoms with van der Waals surface area (Å²) in [6.07, 6.45) is 0.966. The van der Waals surface area contributed by atoms with Crippen LogP contribution in [0.4, 0.5) is 0 Å². The van der Waals surface area contributed by atoms with Gasteiger partial charge in [-0.05, 0) is 43.5 Å². The number of aromatic hydroxyl groups is 1. The molecule has 0 bridgehead atoms. The average Bonchev–Trinajstić information content (AvgIpc) is 2.74. The van der Waals surface area contributed by atoms with Gasteiger partial charge in [0.25, 0.3) is 0 Å². The number of ether oxygens (including phenoxy) is 3. The topological polar surface area (TPSA) is 95.0 Å². The predicted octanol–water partition coefficient (Wildman–Crippen LogP) is 5.08. The van der Waals surface area contributed by atoms with Crippen molar-refractivity contribution in [1.29, 1.82) is 0 Å². The van der Waals surface area contributed by atoms with E-state index < -0.39 is 23.8 Å². The minimum Gasteiger partial charge on any atom is -0.503 e. The third kappa shape index (κ3) is 7.12. The smallest absolute Gasteiger partial charge is 0.309 e. The van der Waals surface area contributed by atoms with Gasteiger partial charge in [0, 0.05) is 23.7 Å². The zero-order chi connectivity index (χ0) is 23.8. The molecule has 1 N–H and O–H groups in total. The lowest BCUT2D eigenvalue weighted by atomic mass is 10.0. The normalized spacial score (nSPS) is 13.8. The second-order valence-corrected chi connectivity index (χ2v) is 8.56. The van der Waals surface area contributed by atoms with E-state index in [0.717, 1.165) is 0 Å². The van der Waals surface area contributed by atoms with Crippen molar-refractivity contribution >= 4 is 23.4 Å². The lowest BCUT2D eigenvalue weighted by Crippen LogP contribution is -2.36. The van der Waals surface area contributed by atoms with Gasteiger partial charge in [0.05, 0.1) is 13.0 Å². The molecule has 0 fully saturated rings. The first-order valence-electron chi connectivity index (χ1n) is 10.5. The molecule has 0 spiro atoms. The number of hydrogen-bond donors (Lipinski definition) is 1. The van der Waals surface area contributed by atoms with E-state index in [1.165, 1.54) is 19.4 Å². The first-order valence-corrected chi connectivity index (χ1v) is 10.9. The Morgan fingerprint density at radius 2 is 1.75 bits per heavy atom. The van der Waals surface area contributed by atoms with Gasteiger partial charge in [-0.15, -0.1) is 0 Å². The Kier molecular flexibility index (Phi) is 9.32. The Morgan fingerprint density at radius 3 is 2.34 bits per heavy atom. The minimum absolute atomic E-state index is 0.138. The maximum absolute atomic E-state index is 12.7. The van der Waals surface area contributed by atoms with Crippen molar-refractivity contribution < 1.29 is 28.9 Å². The molecule has 32 heavy (non-hydrogen) atoms. The largest absolute Gasteiger partial charge is 0.503 e. The highest BCUT2D eigenvalue weighted by molar-refractivity contribution is 6.30. The van der Waals surface area contributed by atoms with Crippen LogP contribution in [0.3, 0.4) is 0 Å². The van der Waals surface area contributed by atoms with Crippen LogP contribution in [0.2, 0.25) is 5.02 Å². The highest BCUT2D eigenvalue weighted by Crippen LogP contribution is 2.29. The van der Waals surface area contributed by atoms with Crippen LogP contribution in [0, 0.1) is 11.8 Å². The number of halogens is 1. The van der Waals surface area contributed by atoms with E-state index in [4.69, 9.17) is 25.8 Å². The fourth-order valence-corrected chi connectivity index (χ4v) is 3.25. The Balaban J connectivity index is 2.02. The van der Waals surface area contributed by atoms with Crippen LogP contribution in [-0.2, 0) is 9.53 Å². The van der Waals surface area contributed by atoms with E-state index in [1.54, 1.807) is 38.1 Å². The van der Waals surface area contributed by atoms with Crippen molar-refractivity contribution in [3.63, 3.8) is 0 Å². The second kappa shape index (κ2) is 11.7. The number of ketones is 1. The van der Waals surface area contributed by atoms with Crippen LogP contribution in [0.15, 0.2) is 36.5 Å². The quantitative estimate of drug-likeness (QED) is 0.366. The van der Waals surface area contributed by atoms with Crippen LogP contribution in [0.25, 0.3) is 0 Å². The van der Waals surface area contributed by atoms with Gasteiger partial charge in [-0.25, -0.2) is 4.98 Å². The molecule has 0 radical (unpaired) electrons. The van der Waals surface area contributed by atoms with E-state index in [0.29, 0.717) is 23.1 Å². The number of benzene rings is 1. The van der Waals surface area contributed by atoms with Gasteiger partial charge in [0.2, 0.25) is 0 Å². The van der Waals surface area contributed by atoms with Crippen molar-refractivity contribution in [1.82, 2.24) is 4.98 Å². The number of aromatic nitrogens is 1. The lowest BCUT2D eigenvalue weighted by Gasteiger charge is -2.27. The first kappa shape index (κ1) is 25.5. The average molecular weight is 464 g/mol. The van der Waals surface area contributed by atoms with Crippen LogP contribution in [0.1, 0.15) is 51.0 Å². The van der Waals surface area contributed by atoms with Crippen molar-refractivity contribution in [2.24, 2.45) is 11.8 Å². The molecular formula is C24H30ClNO6. The number of nitrogens with zero attached hydrogens (tertiary/aromatic N) is 1. The second-order valence-electron chi connectivity index (χ2n) is 8.12. The number of rotatable bonds is 11. The lowest BCUT2D eigenvalue weighted by molar-refractivity contribution is -0.157. The van der Waals surface area contributed by atoms with Crippen molar-refractivity contribution in [3.8, 4) is 17.2 Å². The molecule has 8 heteroatoms. The molecule has 0 amide bonds. The maximum atomic E-state index is 12.7. The van der Waals surface area contributed by atoms with Crippen LogP contribution in [-0.4, -0.2) is 41.2 Å². The van der Waals surface area contributed by atoms with Gasteiger partial charge >= 0.3 is 5.97 Å². The van der Waals surface area contributed by atoms with Gasteiger partial charge in [-0.2, -0.15) is 0 Å². The summed E-state index contributed by atoms with van der Waals surface area (Å²) < 4.78 is 16.7. The minimum atomic E-state index is -0.729. The summed E-state index contributed by atoms with van der Waals surface area (Å²) in [4.78, 5) is 29.1. The van der Waals surface area contributed by atoms with Gasteiger partial charge < -0.3 is 19.3 Å². The summed E-state index contributed by atoms with van der Waals surface area (Å²) in [5.74, 6) is -0.991. The van der Waals surface area contributed by atoms with E-state index in [-0.39, 0.29) is 29.7 Å². The molecule has 2 rings (SSSR count). The molecule has 1 aromatic carbocycles. The molecule has 1 aromatic heterocycles. The molecule has 7 nitrogen and oxygen atoms in total. The number of hydrogen-bond acceptors (Lipinski definition) is 7. The van der Waals surface area contributed by atoms with Crippen molar-refractivity contribution in [2.45, 2.75) is 52.7 Å². The number of Topliss-reactive ketones (excluding diaryl/α,β-unsaturated/α-hetero) is 1. The summed E-state index contributed by atoms with van der Waals surface area (Å²) >= 11 is 5.93. The van der Waals surface area contributed by atoms with E-state index in [9.17, 15) is 14.7 Å². The maximum Gasteiger partial charge on any atom is 0.309 e. The van der Waals surface area contributed by atoms with Gasteiger partial charge in [0.1, 0.15) is 18.0 Å². The molecule has 0 aliphatic heterocycles. The van der Waals surface area contributed by atoms with E-state index in [1.807, 2.05) is 0 Å². The van der Waals surface area contributed by atoms with Crippen LogP contribution >= 0.6 is 11.6 Å². The summed E-state index contributed by atoms with van der Waals surface area (Å²) in [7, 11) is 1.38. The van der Waals surface area contributed by atoms with Gasteiger partial charge in [0.15, 0.2) is 23.0 Å².